The van der Waals surface area contributed by atoms with Gasteiger partial charge in [0.1, 0.15) is 27.3 Å². The first-order valence-electron chi connectivity index (χ1n) is 10.5. The lowest BCUT2D eigenvalue weighted by Gasteiger charge is -2.41. The number of fused-ring (bicyclic) bond motifs is 2. The first kappa shape index (κ1) is 20.5. The smallest absolute Gasteiger partial charge is 0.247 e. The van der Waals surface area contributed by atoms with Crippen LogP contribution in [0.4, 0.5) is 8.78 Å². The number of hydrogen-bond donors (Lipinski definition) is 1. The largest absolute Gasteiger partial charge is 0.493 e. The summed E-state index contributed by atoms with van der Waals surface area (Å²) in [5, 5.41) is 6.39. The van der Waals surface area contributed by atoms with E-state index >= 15 is 0 Å². The van der Waals surface area contributed by atoms with Crippen molar-refractivity contribution in [2.45, 2.75) is 43.0 Å². The quantitative estimate of drug-likeness (QED) is 0.749. The van der Waals surface area contributed by atoms with E-state index in [2.05, 4.69) is 5.10 Å². The molecule has 8 heteroatoms. The number of carbonyl (C=O) groups excluding carboxylic acids is 1. The van der Waals surface area contributed by atoms with Crippen LogP contribution in [0.3, 0.4) is 0 Å². The van der Waals surface area contributed by atoms with E-state index in [0.717, 1.165) is 43.0 Å². The molecule has 0 saturated heterocycles. The molecule has 5 nitrogen and oxygen atoms in total. The normalized spacial score (nSPS) is 27.6. The topological polar surface area (TPSA) is 67.9 Å². The van der Waals surface area contributed by atoms with Gasteiger partial charge in [0, 0.05) is 29.5 Å². The predicted molar refractivity (Wildman–Crippen MR) is 115 cm³/mol. The molecule has 1 amide bonds. The van der Waals surface area contributed by atoms with Crippen molar-refractivity contribution in [2.24, 2.45) is 16.8 Å². The van der Waals surface area contributed by atoms with Gasteiger partial charge in [-0.3, -0.25) is 4.79 Å². The van der Waals surface area contributed by atoms with Crippen molar-refractivity contribution in [3.05, 3.63) is 65.2 Å². The number of benzene rings is 2. The second-order valence-corrected chi connectivity index (χ2v) is 9.55. The Bertz CT molecular complexity index is 1060. The Morgan fingerprint density at radius 3 is 2.90 bits per heavy atom. The van der Waals surface area contributed by atoms with Gasteiger partial charge in [0.05, 0.1) is 6.61 Å². The molecule has 0 bridgehead atoms. The maximum atomic E-state index is 14.6. The average Bonchev–Trinajstić information content (AvgIpc) is 3.15. The van der Waals surface area contributed by atoms with Crippen molar-refractivity contribution in [3.63, 3.8) is 0 Å². The first-order chi connectivity index (χ1) is 15.0. The minimum atomic E-state index is -0.860. The highest BCUT2D eigenvalue weighted by molar-refractivity contribution is 8.15. The minimum absolute atomic E-state index is 0.0139. The third-order valence-corrected chi connectivity index (χ3v) is 7.67. The number of thioether (sulfide) groups is 1. The van der Waals surface area contributed by atoms with Crippen LogP contribution in [0.25, 0.3) is 0 Å². The Balaban J connectivity index is 1.61. The molecule has 0 aromatic heterocycles. The summed E-state index contributed by atoms with van der Waals surface area (Å²) < 4.78 is 34.3. The number of para-hydroxylation sites is 1. The molecule has 3 aliphatic rings. The molecule has 5 rings (SSSR count). The summed E-state index contributed by atoms with van der Waals surface area (Å²) in [5.74, 6) is -0.806. The molecule has 2 aromatic carbocycles. The molecule has 162 valence electrons. The zero-order valence-corrected chi connectivity index (χ0v) is 17.7. The monoisotopic (exact) mass is 443 g/mol. The van der Waals surface area contributed by atoms with Gasteiger partial charge in [0.25, 0.3) is 0 Å². The third kappa shape index (κ3) is 3.51. The molecule has 2 N–H and O–H groups in total. The molecule has 1 aliphatic carbocycles. The number of ether oxygens (including phenoxy) is 1. The third-order valence-electron chi connectivity index (χ3n) is 6.24. The van der Waals surface area contributed by atoms with Crippen LogP contribution in [0.1, 0.15) is 43.2 Å². The van der Waals surface area contributed by atoms with Crippen LogP contribution in [-0.4, -0.2) is 28.6 Å². The highest BCUT2D eigenvalue weighted by Gasteiger charge is 2.53. The Labute approximate surface area is 183 Å². The second kappa shape index (κ2) is 7.91. The molecule has 2 aromatic rings. The van der Waals surface area contributed by atoms with Gasteiger partial charge in [-0.15, -0.1) is 0 Å². The highest BCUT2D eigenvalue weighted by Crippen LogP contribution is 2.55. The molecule has 31 heavy (non-hydrogen) atoms. The summed E-state index contributed by atoms with van der Waals surface area (Å²) in [6.07, 6.45) is 3.64. The fourth-order valence-electron chi connectivity index (χ4n) is 4.69. The number of halogens is 2. The SMILES string of the molecule is NC1CCCC(C(=O)N2N=C(c3cc(F)ccc3F)SC23CCOc2ccccc23)C1. The van der Waals surface area contributed by atoms with Crippen LogP contribution in [0.2, 0.25) is 0 Å². The van der Waals surface area contributed by atoms with Crippen LogP contribution in [0.5, 0.6) is 5.75 Å². The Morgan fingerprint density at radius 2 is 2.06 bits per heavy atom. The second-order valence-electron chi connectivity index (χ2n) is 8.28. The number of nitrogens with two attached hydrogens (primary N) is 1. The molecular weight excluding hydrogens is 420 g/mol. The van der Waals surface area contributed by atoms with Gasteiger partial charge in [-0.05, 0) is 43.5 Å². The molecule has 3 atom stereocenters. The van der Waals surface area contributed by atoms with E-state index in [0.29, 0.717) is 30.2 Å². The van der Waals surface area contributed by atoms with Crippen molar-refractivity contribution in [1.29, 1.82) is 0 Å². The predicted octanol–water partition coefficient (Wildman–Crippen LogP) is 4.35. The molecule has 3 unspecified atom stereocenters. The summed E-state index contributed by atoms with van der Waals surface area (Å²) in [6, 6.07) is 10.8. The Hall–Kier alpha value is -2.45. The van der Waals surface area contributed by atoms with Crippen molar-refractivity contribution < 1.29 is 18.3 Å². The average molecular weight is 444 g/mol. The van der Waals surface area contributed by atoms with Gasteiger partial charge < -0.3 is 10.5 Å². The number of hydrogen-bond acceptors (Lipinski definition) is 5. The van der Waals surface area contributed by atoms with Crippen LogP contribution in [-0.2, 0) is 9.67 Å². The zero-order valence-electron chi connectivity index (χ0n) is 16.9. The van der Waals surface area contributed by atoms with Crippen molar-refractivity contribution in [2.75, 3.05) is 6.61 Å². The van der Waals surface area contributed by atoms with E-state index in [9.17, 15) is 13.6 Å². The Morgan fingerprint density at radius 1 is 1.23 bits per heavy atom. The molecular formula is C23H23F2N3O2S. The standard InChI is InChI=1S/C23H23F2N3O2S/c24-15-8-9-19(25)17(13-15)21-27-28(22(29)14-4-3-5-16(26)12-14)23(31-21)10-11-30-20-7-2-1-6-18(20)23/h1-2,6-9,13-14,16H,3-5,10-12,26H2. The van der Waals surface area contributed by atoms with Crippen molar-refractivity contribution in [1.82, 2.24) is 5.01 Å². The number of nitrogens with zero attached hydrogens (tertiary/aromatic N) is 2. The molecule has 0 radical (unpaired) electrons. The van der Waals surface area contributed by atoms with Crippen molar-refractivity contribution >= 4 is 22.7 Å². The summed E-state index contributed by atoms with van der Waals surface area (Å²) >= 11 is 1.29. The van der Waals surface area contributed by atoms with Gasteiger partial charge in [0.2, 0.25) is 5.91 Å². The number of hydrazone groups is 1. The van der Waals surface area contributed by atoms with Gasteiger partial charge in [-0.25, -0.2) is 13.8 Å². The van der Waals surface area contributed by atoms with E-state index in [1.54, 1.807) is 0 Å². The van der Waals surface area contributed by atoms with Gasteiger partial charge in [-0.1, -0.05) is 36.4 Å². The molecule has 1 fully saturated rings. The maximum absolute atomic E-state index is 14.6. The number of amides is 1. The maximum Gasteiger partial charge on any atom is 0.247 e. The lowest BCUT2D eigenvalue weighted by Crippen LogP contribution is -2.48. The Kier molecular flexibility index (Phi) is 5.22. The fraction of sp³-hybridized carbons (Fsp3) is 0.391. The van der Waals surface area contributed by atoms with Crippen LogP contribution >= 0.6 is 11.8 Å². The van der Waals surface area contributed by atoms with E-state index in [-0.39, 0.29) is 23.4 Å². The molecule has 1 saturated carbocycles. The molecule has 1 spiro atoms. The molecule has 2 aliphatic heterocycles. The summed E-state index contributed by atoms with van der Waals surface area (Å²) in [4.78, 5) is 12.8. The van der Waals surface area contributed by atoms with Gasteiger partial charge in [0.15, 0.2) is 0 Å². The fourth-order valence-corrected chi connectivity index (χ4v) is 6.08. The van der Waals surface area contributed by atoms with Crippen molar-refractivity contribution in [3.8, 4) is 5.75 Å². The zero-order chi connectivity index (χ0) is 21.6. The summed E-state index contributed by atoms with van der Waals surface area (Å²) in [7, 11) is 0. The van der Waals surface area contributed by atoms with E-state index in [4.69, 9.17) is 10.5 Å². The lowest BCUT2D eigenvalue weighted by atomic mass is 9.85. The number of rotatable bonds is 2. The number of carbonyl (C=O) groups is 1. The van der Waals surface area contributed by atoms with Gasteiger partial charge in [-0.2, -0.15) is 5.10 Å². The molecule has 2 heterocycles. The van der Waals surface area contributed by atoms with E-state index < -0.39 is 16.5 Å². The summed E-state index contributed by atoms with van der Waals surface area (Å²) in [5.41, 5.74) is 7.01. The highest BCUT2D eigenvalue weighted by atomic mass is 32.2. The minimum Gasteiger partial charge on any atom is -0.493 e. The van der Waals surface area contributed by atoms with Crippen LogP contribution in [0, 0.1) is 17.6 Å². The lowest BCUT2D eigenvalue weighted by molar-refractivity contribution is -0.141. The first-order valence-corrected chi connectivity index (χ1v) is 11.3. The van der Waals surface area contributed by atoms with Gasteiger partial charge >= 0.3 is 0 Å². The summed E-state index contributed by atoms with van der Waals surface area (Å²) in [6.45, 7) is 0.395. The van der Waals surface area contributed by atoms with Crippen LogP contribution < -0.4 is 10.5 Å². The van der Waals surface area contributed by atoms with E-state index in [1.165, 1.54) is 16.8 Å². The van der Waals surface area contributed by atoms with E-state index in [1.807, 2.05) is 24.3 Å². The van der Waals surface area contributed by atoms with Crippen LogP contribution in [0.15, 0.2) is 47.6 Å².